The molecule has 0 amide bonds. The molecule has 0 spiro atoms. The van der Waals surface area contributed by atoms with Crippen LogP contribution in [0.15, 0.2) is 11.3 Å². The first-order valence-electron chi connectivity index (χ1n) is 5.70. The van der Waals surface area contributed by atoms with E-state index < -0.39 is 58.6 Å². The molecule has 0 fully saturated rings. The minimum atomic E-state index is -1.81. The standard InChI is InChI=1S/C13H6ClF4NO4/c14-6(3-19)4-22-13(21)23-5-8-11(17)9(15)7(1-2-20)10(16)12(8)18/h2,4H,1,5H2. The fourth-order valence-electron chi connectivity index (χ4n) is 1.40. The van der Waals surface area contributed by atoms with Crippen LogP contribution in [0.3, 0.4) is 0 Å². The lowest BCUT2D eigenvalue weighted by atomic mass is 10.1. The van der Waals surface area contributed by atoms with E-state index in [4.69, 9.17) is 16.9 Å². The number of allylic oxidation sites excluding steroid dienone is 1. The van der Waals surface area contributed by atoms with Gasteiger partial charge in [-0.05, 0) is 0 Å². The summed E-state index contributed by atoms with van der Waals surface area (Å²) in [6, 6.07) is 1.39. The summed E-state index contributed by atoms with van der Waals surface area (Å²) in [6.07, 6.45) is -1.83. The third-order valence-electron chi connectivity index (χ3n) is 2.43. The zero-order chi connectivity index (χ0) is 17.6. The van der Waals surface area contributed by atoms with Crippen molar-refractivity contribution >= 4 is 24.0 Å². The van der Waals surface area contributed by atoms with Gasteiger partial charge in [-0.25, -0.2) is 22.4 Å². The summed E-state index contributed by atoms with van der Waals surface area (Å²) < 4.78 is 62.8. The number of rotatable bonds is 5. The third kappa shape index (κ3) is 4.43. The number of hydrogen-bond acceptors (Lipinski definition) is 5. The van der Waals surface area contributed by atoms with Crippen molar-refractivity contribution in [3.63, 3.8) is 0 Å². The fraction of sp³-hybridized carbons (Fsp3) is 0.154. The van der Waals surface area contributed by atoms with Crippen molar-refractivity contribution in [2.45, 2.75) is 13.0 Å². The lowest BCUT2D eigenvalue weighted by molar-refractivity contribution is -0.107. The lowest BCUT2D eigenvalue weighted by Crippen LogP contribution is -2.12. The molecule has 0 aliphatic rings. The van der Waals surface area contributed by atoms with Crippen molar-refractivity contribution < 1.29 is 36.6 Å². The minimum Gasteiger partial charge on any atom is -0.429 e. The van der Waals surface area contributed by atoms with Crippen LogP contribution in [0.25, 0.3) is 0 Å². The molecule has 0 atom stereocenters. The summed E-state index contributed by atoms with van der Waals surface area (Å²) in [7, 11) is 0. The van der Waals surface area contributed by atoms with Crippen LogP contribution >= 0.6 is 11.6 Å². The van der Waals surface area contributed by atoms with Gasteiger partial charge in [0.25, 0.3) is 0 Å². The molecule has 1 rings (SSSR count). The van der Waals surface area contributed by atoms with E-state index in [0.29, 0.717) is 6.26 Å². The molecule has 0 aliphatic carbocycles. The van der Waals surface area contributed by atoms with Crippen molar-refractivity contribution in [3.05, 3.63) is 45.7 Å². The van der Waals surface area contributed by atoms with Crippen molar-refractivity contribution in [1.82, 2.24) is 0 Å². The van der Waals surface area contributed by atoms with E-state index in [0.717, 1.165) is 0 Å². The Morgan fingerprint density at radius 2 is 1.65 bits per heavy atom. The molecule has 23 heavy (non-hydrogen) atoms. The molecule has 0 unspecified atom stereocenters. The van der Waals surface area contributed by atoms with Crippen LogP contribution < -0.4 is 0 Å². The molecular weight excluding hydrogens is 346 g/mol. The molecule has 0 N–H and O–H groups in total. The van der Waals surface area contributed by atoms with Gasteiger partial charge in [-0.1, -0.05) is 11.6 Å². The van der Waals surface area contributed by atoms with Gasteiger partial charge in [0, 0.05) is 12.0 Å². The van der Waals surface area contributed by atoms with Gasteiger partial charge in [-0.2, -0.15) is 5.26 Å². The summed E-state index contributed by atoms with van der Waals surface area (Å²) in [5.41, 5.74) is -2.29. The maximum Gasteiger partial charge on any atom is 0.513 e. The summed E-state index contributed by atoms with van der Waals surface area (Å²) in [4.78, 5) is 21.3. The molecule has 122 valence electrons. The average molecular weight is 352 g/mol. The number of hydrogen-bond donors (Lipinski definition) is 0. The fourth-order valence-corrected chi connectivity index (χ4v) is 1.45. The Bertz CT molecular complexity index is 686. The number of nitriles is 1. The maximum absolute atomic E-state index is 13.6. The van der Waals surface area contributed by atoms with E-state index >= 15 is 0 Å². The number of benzene rings is 1. The zero-order valence-electron chi connectivity index (χ0n) is 11.0. The lowest BCUT2D eigenvalue weighted by Gasteiger charge is -2.10. The number of aldehydes is 1. The van der Waals surface area contributed by atoms with E-state index in [1.165, 1.54) is 6.07 Å². The quantitative estimate of drug-likeness (QED) is 0.203. The molecule has 0 heterocycles. The van der Waals surface area contributed by atoms with Crippen molar-refractivity contribution in [3.8, 4) is 6.07 Å². The Labute approximate surface area is 131 Å². The third-order valence-corrected chi connectivity index (χ3v) is 2.61. The van der Waals surface area contributed by atoms with Crippen LogP contribution in [0.5, 0.6) is 0 Å². The zero-order valence-corrected chi connectivity index (χ0v) is 11.8. The van der Waals surface area contributed by atoms with Crippen LogP contribution in [0.4, 0.5) is 22.4 Å². The second kappa shape index (κ2) is 8.14. The Morgan fingerprint density at radius 1 is 1.13 bits per heavy atom. The van der Waals surface area contributed by atoms with Crippen LogP contribution in [-0.4, -0.2) is 12.4 Å². The molecular formula is C13H6ClF4NO4. The Morgan fingerprint density at radius 3 is 2.13 bits per heavy atom. The monoisotopic (exact) mass is 351 g/mol. The number of ether oxygens (including phenoxy) is 2. The van der Waals surface area contributed by atoms with Gasteiger partial charge in [0.05, 0.1) is 5.56 Å². The maximum atomic E-state index is 13.6. The number of carbonyl (C=O) groups excluding carboxylic acids is 2. The van der Waals surface area contributed by atoms with Gasteiger partial charge >= 0.3 is 6.16 Å². The van der Waals surface area contributed by atoms with E-state index in [9.17, 15) is 27.2 Å². The largest absolute Gasteiger partial charge is 0.513 e. The highest BCUT2D eigenvalue weighted by Crippen LogP contribution is 2.25. The normalized spacial score (nSPS) is 10.9. The molecule has 0 bridgehead atoms. The van der Waals surface area contributed by atoms with Gasteiger partial charge in [-0.3, -0.25) is 0 Å². The summed E-state index contributed by atoms with van der Waals surface area (Å²) in [5.74, 6) is -7.15. The molecule has 0 saturated heterocycles. The van der Waals surface area contributed by atoms with E-state index in [-0.39, 0.29) is 6.29 Å². The SMILES string of the molecule is N#CC(Cl)=COC(=O)OCc1c(F)c(F)c(CC=O)c(F)c1F. The molecule has 10 heteroatoms. The second-order valence-corrected chi connectivity index (χ2v) is 4.23. The van der Waals surface area contributed by atoms with E-state index in [1.54, 1.807) is 0 Å². The highest BCUT2D eigenvalue weighted by atomic mass is 35.5. The van der Waals surface area contributed by atoms with Crippen molar-refractivity contribution in [2.75, 3.05) is 0 Å². The first-order chi connectivity index (χ1) is 10.8. The highest BCUT2D eigenvalue weighted by molar-refractivity contribution is 6.31. The summed E-state index contributed by atoms with van der Waals surface area (Å²) in [6.45, 7) is -1.19. The summed E-state index contributed by atoms with van der Waals surface area (Å²) in [5, 5.41) is 7.75. The molecule has 0 saturated carbocycles. The Hall–Kier alpha value is -2.60. The van der Waals surface area contributed by atoms with Gasteiger partial charge in [0.1, 0.15) is 25.2 Å². The predicted molar refractivity (Wildman–Crippen MR) is 66.9 cm³/mol. The number of nitrogens with zero attached hydrogens (tertiary/aromatic N) is 1. The first-order valence-corrected chi connectivity index (χ1v) is 6.07. The van der Waals surface area contributed by atoms with Gasteiger partial charge in [-0.15, -0.1) is 0 Å². The molecule has 1 aromatic carbocycles. The predicted octanol–water partition coefficient (Wildman–Crippen LogP) is 3.24. The number of halogens is 5. The highest BCUT2D eigenvalue weighted by Gasteiger charge is 2.25. The topological polar surface area (TPSA) is 76.4 Å². The molecule has 0 aliphatic heterocycles. The average Bonchev–Trinajstić information content (AvgIpc) is 2.54. The van der Waals surface area contributed by atoms with E-state index in [2.05, 4.69) is 9.47 Å². The Balaban J connectivity index is 2.96. The van der Waals surface area contributed by atoms with Crippen molar-refractivity contribution in [1.29, 1.82) is 5.26 Å². The minimum absolute atomic E-state index is 0.0686. The smallest absolute Gasteiger partial charge is 0.429 e. The molecule has 0 aromatic heterocycles. The number of carbonyl (C=O) groups is 2. The second-order valence-electron chi connectivity index (χ2n) is 3.82. The van der Waals surface area contributed by atoms with Gasteiger partial charge in [0.15, 0.2) is 28.3 Å². The summed E-state index contributed by atoms with van der Waals surface area (Å²) >= 11 is 5.19. The van der Waals surface area contributed by atoms with Crippen LogP contribution in [0.2, 0.25) is 0 Å². The van der Waals surface area contributed by atoms with Gasteiger partial charge < -0.3 is 14.3 Å². The van der Waals surface area contributed by atoms with Crippen LogP contribution in [0.1, 0.15) is 11.1 Å². The van der Waals surface area contributed by atoms with Crippen molar-refractivity contribution in [2.24, 2.45) is 0 Å². The molecule has 1 aromatic rings. The molecule has 5 nitrogen and oxygen atoms in total. The van der Waals surface area contributed by atoms with Gasteiger partial charge in [0.2, 0.25) is 0 Å². The van der Waals surface area contributed by atoms with Crippen LogP contribution in [0, 0.1) is 34.6 Å². The molecule has 0 radical (unpaired) electrons. The van der Waals surface area contributed by atoms with Crippen LogP contribution in [-0.2, 0) is 27.3 Å². The van der Waals surface area contributed by atoms with E-state index in [1.807, 2.05) is 0 Å². The first kappa shape index (κ1) is 18.4. The Kier molecular flexibility index (Phi) is 6.53.